The molecule has 0 spiro atoms. The summed E-state index contributed by atoms with van der Waals surface area (Å²) in [6.07, 6.45) is -4.36. The van der Waals surface area contributed by atoms with Crippen LogP contribution in [0.3, 0.4) is 0 Å². The largest absolute Gasteiger partial charge is 0.493 e. The number of methoxy groups -OCH3 is 2. The molecule has 27 heavy (non-hydrogen) atoms. The maximum atomic E-state index is 12.6. The highest BCUT2D eigenvalue weighted by atomic mass is 19.4. The van der Waals surface area contributed by atoms with Gasteiger partial charge in [0.2, 0.25) is 11.7 Å². The van der Waals surface area contributed by atoms with Gasteiger partial charge < -0.3 is 19.3 Å². The highest BCUT2D eigenvalue weighted by Crippen LogP contribution is 2.31. The molecule has 0 aliphatic carbocycles. The number of alkyl halides is 3. The molecule has 6 nitrogen and oxygen atoms in total. The second-order valence-electron chi connectivity index (χ2n) is 5.51. The number of nitrogens with one attached hydrogen (secondary N) is 1. The molecule has 9 heteroatoms. The van der Waals surface area contributed by atoms with Gasteiger partial charge in [-0.05, 0) is 42.5 Å². The standard InChI is InChI=1S/C18H16F3N3O3/c1-25-14-8-3-11(9-15(14)26-2)17-23-16(27-24-17)10-22-13-6-4-12(5-7-13)18(19,20)21/h3-9,22H,10H2,1-2H3. The Kier molecular flexibility index (Phi) is 5.20. The minimum Gasteiger partial charge on any atom is -0.493 e. The van der Waals surface area contributed by atoms with Crippen LogP contribution in [0.1, 0.15) is 11.5 Å². The van der Waals surface area contributed by atoms with Crippen molar-refractivity contribution >= 4 is 5.69 Å². The molecule has 0 amide bonds. The van der Waals surface area contributed by atoms with Gasteiger partial charge in [0.1, 0.15) is 0 Å². The lowest BCUT2D eigenvalue weighted by atomic mass is 10.2. The number of halogens is 3. The van der Waals surface area contributed by atoms with E-state index in [0.29, 0.717) is 34.5 Å². The Morgan fingerprint density at radius 1 is 1.00 bits per heavy atom. The highest BCUT2D eigenvalue weighted by Gasteiger charge is 2.29. The van der Waals surface area contributed by atoms with Gasteiger partial charge in [-0.15, -0.1) is 0 Å². The molecule has 0 saturated heterocycles. The van der Waals surface area contributed by atoms with Crippen molar-refractivity contribution in [1.82, 2.24) is 10.1 Å². The fourth-order valence-corrected chi connectivity index (χ4v) is 2.37. The predicted molar refractivity (Wildman–Crippen MR) is 91.6 cm³/mol. The maximum absolute atomic E-state index is 12.6. The molecule has 142 valence electrons. The Hall–Kier alpha value is -3.23. The first kappa shape index (κ1) is 18.6. The third kappa shape index (κ3) is 4.30. The van der Waals surface area contributed by atoms with Crippen molar-refractivity contribution in [3.63, 3.8) is 0 Å². The van der Waals surface area contributed by atoms with Gasteiger partial charge >= 0.3 is 6.18 Å². The fraction of sp³-hybridized carbons (Fsp3) is 0.222. The van der Waals surface area contributed by atoms with E-state index in [1.165, 1.54) is 26.4 Å². The molecule has 0 fully saturated rings. The van der Waals surface area contributed by atoms with Crippen LogP contribution in [-0.4, -0.2) is 24.4 Å². The van der Waals surface area contributed by atoms with Crippen LogP contribution in [0.4, 0.5) is 18.9 Å². The van der Waals surface area contributed by atoms with Gasteiger partial charge in [0.15, 0.2) is 11.5 Å². The molecular weight excluding hydrogens is 363 g/mol. The summed E-state index contributed by atoms with van der Waals surface area (Å²) >= 11 is 0. The Morgan fingerprint density at radius 3 is 2.33 bits per heavy atom. The molecule has 0 radical (unpaired) electrons. The average molecular weight is 379 g/mol. The molecule has 3 rings (SSSR count). The van der Waals surface area contributed by atoms with Crippen LogP contribution in [0.25, 0.3) is 11.4 Å². The third-order valence-corrected chi connectivity index (χ3v) is 3.77. The van der Waals surface area contributed by atoms with E-state index in [0.717, 1.165) is 12.1 Å². The zero-order valence-electron chi connectivity index (χ0n) is 14.5. The Bertz CT molecular complexity index is 908. The number of hydrogen-bond acceptors (Lipinski definition) is 6. The number of benzene rings is 2. The maximum Gasteiger partial charge on any atom is 0.416 e. The summed E-state index contributed by atoms with van der Waals surface area (Å²) in [6, 6.07) is 9.90. The van der Waals surface area contributed by atoms with Crippen LogP contribution < -0.4 is 14.8 Å². The van der Waals surface area contributed by atoms with Gasteiger partial charge in [-0.1, -0.05) is 5.16 Å². The molecule has 1 aromatic heterocycles. The number of nitrogens with zero attached hydrogens (tertiary/aromatic N) is 2. The van der Waals surface area contributed by atoms with Crippen LogP contribution in [0, 0.1) is 0 Å². The Morgan fingerprint density at radius 2 is 1.70 bits per heavy atom. The van der Waals surface area contributed by atoms with Gasteiger partial charge in [-0.3, -0.25) is 0 Å². The summed E-state index contributed by atoms with van der Waals surface area (Å²) < 4.78 is 53.3. The lowest BCUT2D eigenvalue weighted by molar-refractivity contribution is -0.137. The van der Waals surface area contributed by atoms with Crippen LogP contribution in [-0.2, 0) is 12.7 Å². The van der Waals surface area contributed by atoms with Gasteiger partial charge in [0, 0.05) is 11.3 Å². The predicted octanol–water partition coefficient (Wildman–Crippen LogP) is 4.38. The number of hydrogen-bond donors (Lipinski definition) is 1. The molecule has 3 aromatic rings. The Labute approximate surface area is 152 Å². The van der Waals surface area contributed by atoms with E-state index in [4.69, 9.17) is 14.0 Å². The first-order valence-electron chi connectivity index (χ1n) is 7.87. The minimum absolute atomic E-state index is 0.172. The number of anilines is 1. The van der Waals surface area contributed by atoms with Crippen LogP contribution in [0.15, 0.2) is 47.0 Å². The number of aromatic nitrogens is 2. The Balaban J connectivity index is 1.68. The third-order valence-electron chi connectivity index (χ3n) is 3.77. The summed E-state index contributed by atoms with van der Waals surface area (Å²) in [5.41, 5.74) is 0.479. The topological polar surface area (TPSA) is 69.4 Å². The van der Waals surface area contributed by atoms with Crippen LogP contribution >= 0.6 is 0 Å². The van der Waals surface area contributed by atoms with E-state index < -0.39 is 11.7 Å². The molecular formula is C18H16F3N3O3. The second kappa shape index (κ2) is 7.56. The number of rotatable bonds is 6. The molecule has 0 aliphatic rings. The SMILES string of the molecule is COc1ccc(-c2noc(CNc3ccc(C(F)(F)F)cc3)n2)cc1OC. The van der Waals surface area contributed by atoms with Gasteiger partial charge in [0.05, 0.1) is 26.3 Å². The van der Waals surface area contributed by atoms with Crippen molar-refractivity contribution in [2.24, 2.45) is 0 Å². The van der Waals surface area contributed by atoms with Gasteiger partial charge in [-0.2, -0.15) is 18.2 Å². The smallest absolute Gasteiger partial charge is 0.416 e. The van der Waals surface area contributed by atoms with Crippen molar-refractivity contribution < 1.29 is 27.2 Å². The van der Waals surface area contributed by atoms with Gasteiger partial charge in [-0.25, -0.2) is 0 Å². The second-order valence-corrected chi connectivity index (χ2v) is 5.51. The molecule has 0 saturated carbocycles. The summed E-state index contributed by atoms with van der Waals surface area (Å²) in [6.45, 7) is 0.172. The zero-order chi connectivity index (χ0) is 19.4. The highest BCUT2D eigenvalue weighted by molar-refractivity contribution is 5.60. The van der Waals surface area contributed by atoms with E-state index in [1.54, 1.807) is 18.2 Å². The summed E-state index contributed by atoms with van der Waals surface area (Å²) in [4.78, 5) is 4.27. The molecule has 0 aliphatic heterocycles. The summed E-state index contributed by atoms with van der Waals surface area (Å²) in [7, 11) is 3.06. The molecule has 0 bridgehead atoms. The normalized spacial score (nSPS) is 11.3. The van der Waals surface area contributed by atoms with Crippen molar-refractivity contribution in [3.05, 3.63) is 53.9 Å². The van der Waals surface area contributed by atoms with Crippen molar-refractivity contribution in [2.75, 3.05) is 19.5 Å². The van der Waals surface area contributed by atoms with E-state index in [9.17, 15) is 13.2 Å². The first-order chi connectivity index (χ1) is 12.9. The molecule has 2 aromatic carbocycles. The van der Waals surface area contributed by atoms with Crippen LogP contribution in [0.5, 0.6) is 11.5 Å². The summed E-state index contributed by atoms with van der Waals surface area (Å²) in [5.74, 6) is 1.76. The number of ether oxygens (including phenoxy) is 2. The van der Waals surface area contributed by atoms with Crippen molar-refractivity contribution in [1.29, 1.82) is 0 Å². The van der Waals surface area contributed by atoms with Crippen LogP contribution in [0.2, 0.25) is 0 Å². The zero-order valence-corrected chi connectivity index (χ0v) is 14.5. The molecule has 1 N–H and O–H groups in total. The fourth-order valence-electron chi connectivity index (χ4n) is 2.37. The van der Waals surface area contributed by atoms with E-state index in [2.05, 4.69) is 15.5 Å². The average Bonchev–Trinajstić information content (AvgIpc) is 3.14. The van der Waals surface area contributed by atoms with E-state index in [1.807, 2.05) is 0 Å². The molecule has 0 atom stereocenters. The van der Waals surface area contributed by atoms with Crippen molar-refractivity contribution in [2.45, 2.75) is 12.7 Å². The summed E-state index contributed by atoms with van der Waals surface area (Å²) in [5, 5.41) is 6.84. The minimum atomic E-state index is -4.36. The van der Waals surface area contributed by atoms with E-state index >= 15 is 0 Å². The van der Waals surface area contributed by atoms with Crippen molar-refractivity contribution in [3.8, 4) is 22.9 Å². The quantitative estimate of drug-likeness (QED) is 0.685. The molecule has 1 heterocycles. The van der Waals surface area contributed by atoms with Gasteiger partial charge in [0.25, 0.3) is 0 Å². The van der Waals surface area contributed by atoms with E-state index in [-0.39, 0.29) is 6.54 Å². The molecule has 0 unspecified atom stereocenters. The first-order valence-corrected chi connectivity index (χ1v) is 7.87. The lowest BCUT2D eigenvalue weighted by Gasteiger charge is -2.08. The monoisotopic (exact) mass is 379 g/mol. The lowest BCUT2D eigenvalue weighted by Crippen LogP contribution is -2.05.